The van der Waals surface area contributed by atoms with Gasteiger partial charge in [-0.05, 0) is 18.2 Å². The van der Waals surface area contributed by atoms with Gasteiger partial charge in [0.2, 0.25) is 5.95 Å². The third-order valence-corrected chi connectivity index (χ3v) is 1.89. The summed E-state index contributed by atoms with van der Waals surface area (Å²) in [6.07, 6.45) is 1.29. The van der Waals surface area contributed by atoms with Crippen molar-refractivity contribution in [3.8, 4) is 0 Å². The summed E-state index contributed by atoms with van der Waals surface area (Å²) in [7, 11) is 0. The van der Waals surface area contributed by atoms with Gasteiger partial charge in [-0.2, -0.15) is 10.1 Å². The van der Waals surface area contributed by atoms with Crippen molar-refractivity contribution in [2.24, 2.45) is 0 Å². The van der Waals surface area contributed by atoms with Crippen molar-refractivity contribution in [2.75, 3.05) is 16.8 Å². The molecule has 0 fully saturated rings. The molecule has 1 amide bonds. The van der Waals surface area contributed by atoms with Crippen molar-refractivity contribution in [3.05, 3.63) is 30.1 Å². The number of carbonyl (C=O) groups is 1. The molecule has 1 aromatic heterocycles. The molecular formula is C9H10N6O. The monoisotopic (exact) mass is 218 g/mol. The molecule has 2 aromatic rings. The smallest absolute Gasteiger partial charge is 0.258 e. The second kappa shape index (κ2) is 3.89. The SMILES string of the molecule is Nc1cc(N)cc(C(=O)Nc2ncn[nH]2)c1. The Balaban J connectivity index is 2.21. The first-order valence-electron chi connectivity index (χ1n) is 4.48. The van der Waals surface area contributed by atoms with Gasteiger partial charge >= 0.3 is 0 Å². The number of hydrogen-bond acceptors (Lipinski definition) is 5. The fraction of sp³-hybridized carbons (Fsp3) is 0. The Labute approximate surface area is 90.9 Å². The lowest BCUT2D eigenvalue weighted by molar-refractivity contribution is 0.102. The Morgan fingerprint density at radius 2 is 1.94 bits per heavy atom. The van der Waals surface area contributed by atoms with Crippen molar-refractivity contribution in [2.45, 2.75) is 0 Å². The standard InChI is InChI=1S/C9H10N6O/c10-6-1-5(2-7(11)3-6)8(16)14-9-12-4-13-15-9/h1-4H,10-11H2,(H2,12,13,14,15,16). The number of aromatic nitrogens is 3. The molecule has 0 saturated carbocycles. The van der Waals surface area contributed by atoms with Crippen LogP contribution in [0.3, 0.4) is 0 Å². The fourth-order valence-corrected chi connectivity index (χ4v) is 1.25. The van der Waals surface area contributed by atoms with Crippen LogP contribution in [0.2, 0.25) is 0 Å². The number of carbonyl (C=O) groups excluding carboxylic acids is 1. The summed E-state index contributed by atoms with van der Waals surface area (Å²) < 4.78 is 0. The fourth-order valence-electron chi connectivity index (χ4n) is 1.25. The highest BCUT2D eigenvalue weighted by molar-refractivity contribution is 6.04. The Morgan fingerprint density at radius 1 is 1.25 bits per heavy atom. The van der Waals surface area contributed by atoms with Gasteiger partial charge in [-0.3, -0.25) is 10.1 Å². The number of anilines is 3. The van der Waals surface area contributed by atoms with E-state index in [1.165, 1.54) is 18.5 Å². The second-order valence-corrected chi connectivity index (χ2v) is 3.18. The number of nitrogen functional groups attached to an aromatic ring is 2. The number of rotatable bonds is 2. The number of aromatic amines is 1. The Hall–Kier alpha value is -2.57. The van der Waals surface area contributed by atoms with E-state index in [1.807, 2.05) is 0 Å². The summed E-state index contributed by atoms with van der Waals surface area (Å²) >= 11 is 0. The second-order valence-electron chi connectivity index (χ2n) is 3.18. The largest absolute Gasteiger partial charge is 0.399 e. The third kappa shape index (κ3) is 2.08. The lowest BCUT2D eigenvalue weighted by atomic mass is 10.1. The molecule has 0 radical (unpaired) electrons. The maximum atomic E-state index is 11.7. The topological polar surface area (TPSA) is 123 Å². The van der Waals surface area contributed by atoms with Crippen LogP contribution in [0.4, 0.5) is 17.3 Å². The molecule has 6 N–H and O–H groups in total. The van der Waals surface area contributed by atoms with Crippen LogP contribution < -0.4 is 16.8 Å². The molecule has 0 aliphatic heterocycles. The average molecular weight is 218 g/mol. The molecule has 82 valence electrons. The average Bonchev–Trinajstić information content (AvgIpc) is 2.68. The van der Waals surface area contributed by atoms with Crippen LogP contribution in [0.15, 0.2) is 24.5 Å². The summed E-state index contributed by atoms with van der Waals surface area (Å²) in [6.45, 7) is 0. The zero-order chi connectivity index (χ0) is 11.5. The minimum atomic E-state index is -0.351. The molecule has 0 aliphatic rings. The molecule has 16 heavy (non-hydrogen) atoms. The molecule has 0 spiro atoms. The molecule has 0 atom stereocenters. The zero-order valence-corrected chi connectivity index (χ0v) is 8.27. The summed E-state index contributed by atoms with van der Waals surface area (Å²) in [5.74, 6) is -0.0817. The van der Waals surface area contributed by atoms with Crippen molar-refractivity contribution in [3.63, 3.8) is 0 Å². The van der Waals surface area contributed by atoms with Crippen LogP contribution in [-0.4, -0.2) is 21.1 Å². The van der Waals surface area contributed by atoms with E-state index >= 15 is 0 Å². The molecular weight excluding hydrogens is 208 g/mol. The van der Waals surface area contributed by atoms with Gasteiger partial charge in [-0.1, -0.05) is 0 Å². The van der Waals surface area contributed by atoms with Crippen molar-refractivity contribution < 1.29 is 4.79 Å². The van der Waals surface area contributed by atoms with Gasteiger partial charge in [0.1, 0.15) is 6.33 Å². The maximum Gasteiger partial charge on any atom is 0.258 e. The highest BCUT2D eigenvalue weighted by Gasteiger charge is 2.08. The van der Waals surface area contributed by atoms with Crippen LogP contribution in [0.5, 0.6) is 0 Å². The summed E-state index contributed by atoms with van der Waals surface area (Å²) in [5, 5.41) is 8.63. The number of H-pyrrole nitrogens is 1. The van der Waals surface area contributed by atoms with E-state index in [2.05, 4.69) is 20.5 Å². The normalized spacial score (nSPS) is 10.0. The number of nitrogens with zero attached hydrogens (tertiary/aromatic N) is 2. The van der Waals surface area contributed by atoms with Gasteiger partial charge in [-0.25, -0.2) is 5.10 Å². The maximum absolute atomic E-state index is 11.7. The first-order valence-corrected chi connectivity index (χ1v) is 4.48. The minimum absolute atomic E-state index is 0.269. The third-order valence-electron chi connectivity index (χ3n) is 1.89. The van der Waals surface area contributed by atoms with Gasteiger partial charge in [0.25, 0.3) is 5.91 Å². The molecule has 1 heterocycles. The van der Waals surface area contributed by atoms with Crippen LogP contribution in [0, 0.1) is 0 Å². The summed E-state index contributed by atoms with van der Waals surface area (Å²) in [5.41, 5.74) is 12.4. The Morgan fingerprint density at radius 3 is 2.50 bits per heavy atom. The zero-order valence-electron chi connectivity index (χ0n) is 8.27. The highest BCUT2D eigenvalue weighted by atomic mass is 16.1. The Bertz CT molecular complexity index is 486. The van der Waals surface area contributed by atoms with Crippen LogP contribution in [0.1, 0.15) is 10.4 Å². The minimum Gasteiger partial charge on any atom is -0.399 e. The summed E-state index contributed by atoms with van der Waals surface area (Å²) in [4.78, 5) is 15.5. The van der Waals surface area contributed by atoms with E-state index in [0.717, 1.165) is 0 Å². The number of nitrogens with one attached hydrogen (secondary N) is 2. The molecule has 0 saturated heterocycles. The van der Waals surface area contributed by atoms with E-state index in [9.17, 15) is 4.79 Å². The van der Waals surface area contributed by atoms with Gasteiger partial charge in [-0.15, -0.1) is 0 Å². The van der Waals surface area contributed by atoms with Crippen LogP contribution in [0.25, 0.3) is 0 Å². The molecule has 1 aromatic carbocycles. The number of hydrogen-bond donors (Lipinski definition) is 4. The van der Waals surface area contributed by atoms with Crippen molar-refractivity contribution in [1.82, 2.24) is 15.2 Å². The van der Waals surface area contributed by atoms with Crippen LogP contribution >= 0.6 is 0 Å². The van der Waals surface area contributed by atoms with Crippen molar-refractivity contribution in [1.29, 1.82) is 0 Å². The summed E-state index contributed by atoms with van der Waals surface area (Å²) in [6, 6.07) is 4.63. The predicted octanol–water partition coefficient (Wildman–Crippen LogP) is 0.221. The predicted molar refractivity (Wildman–Crippen MR) is 59.6 cm³/mol. The first kappa shape index (κ1) is 9.97. The van der Waals surface area contributed by atoms with Gasteiger partial charge in [0, 0.05) is 16.9 Å². The van der Waals surface area contributed by atoms with Gasteiger partial charge in [0.05, 0.1) is 0 Å². The van der Waals surface area contributed by atoms with Crippen LogP contribution in [-0.2, 0) is 0 Å². The van der Waals surface area contributed by atoms with E-state index < -0.39 is 0 Å². The van der Waals surface area contributed by atoms with E-state index in [0.29, 0.717) is 16.9 Å². The molecule has 2 rings (SSSR count). The molecule has 0 bridgehead atoms. The van der Waals surface area contributed by atoms with Crippen molar-refractivity contribution >= 4 is 23.2 Å². The molecule has 7 heteroatoms. The quantitative estimate of drug-likeness (QED) is 0.537. The molecule has 7 nitrogen and oxygen atoms in total. The lowest BCUT2D eigenvalue weighted by Crippen LogP contribution is -2.13. The van der Waals surface area contributed by atoms with E-state index in [1.54, 1.807) is 6.07 Å². The molecule has 0 unspecified atom stereocenters. The number of nitrogens with two attached hydrogens (primary N) is 2. The molecule has 0 aliphatic carbocycles. The number of benzene rings is 1. The highest BCUT2D eigenvalue weighted by Crippen LogP contribution is 2.14. The van der Waals surface area contributed by atoms with E-state index in [4.69, 9.17) is 11.5 Å². The van der Waals surface area contributed by atoms with Gasteiger partial charge in [0.15, 0.2) is 0 Å². The number of amides is 1. The van der Waals surface area contributed by atoms with Gasteiger partial charge < -0.3 is 11.5 Å². The first-order chi connectivity index (χ1) is 7.65. The Kier molecular flexibility index (Phi) is 2.42. The van der Waals surface area contributed by atoms with E-state index in [-0.39, 0.29) is 11.9 Å². The lowest BCUT2D eigenvalue weighted by Gasteiger charge is -2.04.